The molecule has 1 saturated heterocycles. The maximum absolute atomic E-state index is 12.4. The summed E-state index contributed by atoms with van der Waals surface area (Å²) in [4.78, 5) is 7.11. The Kier molecular flexibility index (Phi) is 4.13. The van der Waals surface area contributed by atoms with Crippen LogP contribution in [0.3, 0.4) is 0 Å². The molecule has 0 amide bonds. The molecule has 0 unspecified atom stereocenters. The van der Waals surface area contributed by atoms with Gasteiger partial charge < -0.3 is 10.3 Å². The summed E-state index contributed by atoms with van der Waals surface area (Å²) in [5.74, 6) is 0. The number of piperidine rings is 1. The molecule has 1 fully saturated rings. The Balaban J connectivity index is 0.00000133. The van der Waals surface area contributed by atoms with Crippen LogP contribution >= 0.6 is 12.4 Å². The minimum atomic E-state index is -3.33. The molecule has 1 aliphatic rings. The molecule has 0 saturated carbocycles. The number of sulfone groups is 1. The van der Waals surface area contributed by atoms with Gasteiger partial charge in [0, 0.05) is 0 Å². The van der Waals surface area contributed by atoms with Gasteiger partial charge in [-0.25, -0.2) is 13.4 Å². The Labute approximate surface area is 118 Å². The molecule has 0 bridgehead atoms. The van der Waals surface area contributed by atoms with Crippen LogP contribution in [0.1, 0.15) is 12.8 Å². The lowest BCUT2D eigenvalue weighted by Crippen LogP contribution is -2.36. The fourth-order valence-electron chi connectivity index (χ4n) is 2.33. The SMILES string of the molecule is Cl.O=S(=O)(c1nc2ccccc2[nH]1)C1CCNCC1. The average molecular weight is 302 g/mol. The molecule has 1 aromatic carbocycles. The van der Waals surface area contributed by atoms with Gasteiger partial charge in [-0.15, -0.1) is 12.4 Å². The Bertz CT molecular complexity index is 629. The number of para-hydroxylation sites is 2. The second-order valence-corrected chi connectivity index (χ2v) is 6.70. The smallest absolute Gasteiger partial charge is 0.226 e. The highest BCUT2D eigenvalue weighted by Crippen LogP contribution is 2.22. The van der Waals surface area contributed by atoms with E-state index in [1.165, 1.54) is 0 Å². The van der Waals surface area contributed by atoms with Crippen molar-refractivity contribution in [3.05, 3.63) is 24.3 Å². The van der Waals surface area contributed by atoms with E-state index in [4.69, 9.17) is 0 Å². The largest absolute Gasteiger partial charge is 0.329 e. The molecule has 0 aliphatic carbocycles. The van der Waals surface area contributed by atoms with Gasteiger partial charge in [0.05, 0.1) is 16.3 Å². The summed E-state index contributed by atoms with van der Waals surface area (Å²) in [7, 11) is -3.33. The minimum absolute atomic E-state index is 0. The third-order valence-corrected chi connectivity index (χ3v) is 5.44. The van der Waals surface area contributed by atoms with Crippen LogP contribution in [0.15, 0.2) is 29.4 Å². The van der Waals surface area contributed by atoms with Crippen molar-refractivity contribution in [3.63, 3.8) is 0 Å². The van der Waals surface area contributed by atoms with Crippen LogP contribution in [0.25, 0.3) is 11.0 Å². The molecule has 1 aromatic heterocycles. The Hall–Kier alpha value is -1.11. The summed E-state index contributed by atoms with van der Waals surface area (Å²) in [5.41, 5.74) is 1.47. The van der Waals surface area contributed by atoms with Crippen molar-refractivity contribution in [2.75, 3.05) is 13.1 Å². The lowest BCUT2D eigenvalue weighted by atomic mass is 10.2. The molecule has 0 atom stereocenters. The molecule has 2 heterocycles. The highest BCUT2D eigenvalue weighted by Gasteiger charge is 2.31. The Morgan fingerprint density at radius 2 is 1.84 bits per heavy atom. The molecule has 19 heavy (non-hydrogen) atoms. The van der Waals surface area contributed by atoms with Crippen molar-refractivity contribution >= 4 is 33.3 Å². The van der Waals surface area contributed by atoms with Crippen LogP contribution in [-0.2, 0) is 9.84 Å². The Morgan fingerprint density at radius 3 is 2.53 bits per heavy atom. The third-order valence-electron chi connectivity index (χ3n) is 3.36. The fraction of sp³-hybridized carbons (Fsp3) is 0.417. The van der Waals surface area contributed by atoms with Crippen LogP contribution in [0, 0.1) is 0 Å². The molecule has 1 aliphatic heterocycles. The summed E-state index contributed by atoms with van der Waals surface area (Å²) in [6.45, 7) is 1.51. The average Bonchev–Trinajstić information content (AvgIpc) is 2.84. The summed E-state index contributed by atoms with van der Waals surface area (Å²) in [5, 5.41) is 2.96. The van der Waals surface area contributed by atoms with Crippen LogP contribution < -0.4 is 5.32 Å². The normalized spacial score (nSPS) is 17.3. The summed E-state index contributed by atoms with van der Waals surface area (Å²) in [6, 6.07) is 7.36. The first-order valence-electron chi connectivity index (χ1n) is 6.07. The van der Waals surface area contributed by atoms with Crippen LogP contribution in [0.2, 0.25) is 0 Å². The third kappa shape index (κ3) is 2.61. The maximum atomic E-state index is 12.4. The molecular formula is C12H16ClN3O2S. The van der Waals surface area contributed by atoms with E-state index in [1.807, 2.05) is 24.3 Å². The number of benzene rings is 1. The summed E-state index contributed by atoms with van der Waals surface area (Å²) < 4.78 is 24.9. The number of hydrogen-bond acceptors (Lipinski definition) is 4. The van der Waals surface area contributed by atoms with Crippen molar-refractivity contribution in [1.82, 2.24) is 15.3 Å². The van der Waals surface area contributed by atoms with Crippen LogP contribution in [0.5, 0.6) is 0 Å². The Morgan fingerprint density at radius 1 is 1.16 bits per heavy atom. The first-order chi connectivity index (χ1) is 8.68. The molecule has 104 valence electrons. The zero-order valence-electron chi connectivity index (χ0n) is 10.3. The molecular weight excluding hydrogens is 286 g/mol. The van der Waals surface area contributed by atoms with E-state index in [-0.39, 0.29) is 22.8 Å². The van der Waals surface area contributed by atoms with Gasteiger partial charge in [-0.2, -0.15) is 0 Å². The van der Waals surface area contributed by atoms with Crippen LogP contribution in [0.4, 0.5) is 0 Å². The lowest BCUT2D eigenvalue weighted by molar-refractivity contribution is 0.493. The minimum Gasteiger partial charge on any atom is -0.329 e. The molecule has 2 aromatic rings. The summed E-state index contributed by atoms with van der Waals surface area (Å²) in [6.07, 6.45) is 1.30. The van der Waals surface area contributed by atoms with Crippen molar-refractivity contribution in [2.24, 2.45) is 0 Å². The van der Waals surface area contributed by atoms with Crippen LogP contribution in [-0.4, -0.2) is 36.7 Å². The van der Waals surface area contributed by atoms with Gasteiger partial charge in [-0.05, 0) is 38.1 Å². The molecule has 0 spiro atoms. The van der Waals surface area contributed by atoms with Crippen molar-refractivity contribution in [1.29, 1.82) is 0 Å². The van der Waals surface area contributed by atoms with Gasteiger partial charge in [0.2, 0.25) is 15.0 Å². The van der Waals surface area contributed by atoms with Gasteiger partial charge in [-0.1, -0.05) is 12.1 Å². The highest BCUT2D eigenvalue weighted by atomic mass is 35.5. The van der Waals surface area contributed by atoms with E-state index < -0.39 is 9.84 Å². The van der Waals surface area contributed by atoms with Gasteiger partial charge in [0.15, 0.2) is 0 Å². The van der Waals surface area contributed by atoms with Gasteiger partial charge in [-0.3, -0.25) is 0 Å². The van der Waals surface area contributed by atoms with Gasteiger partial charge >= 0.3 is 0 Å². The number of halogens is 1. The van der Waals surface area contributed by atoms with Gasteiger partial charge in [0.1, 0.15) is 0 Å². The summed E-state index contributed by atoms with van der Waals surface area (Å²) >= 11 is 0. The molecule has 7 heteroatoms. The van der Waals surface area contributed by atoms with E-state index in [2.05, 4.69) is 15.3 Å². The quantitative estimate of drug-likeness (QED) is 0.882. The number of nitrogens with one attached hydrogen (secondary N) is 2. The first-order valence-corrected chi connectivity index (χ1v) is 7.62. The molecule has 0 radical (unpaired) electrons. The molecule has 2 N–H and O–H groups in total. The zero-order chi connectivity index (χ0) is 12.6. The second kappa shape index (κ2) is 5.48. The number of aromatic amines is 1. The number of rotatable bonds is 2. The predicted molar refractivity (Wildman–Crippen MR) is 76.4 cm³/mol. The number of aromatic nitrogens is 2. The monoisotopic (exact) mass is 301 g/mol. The second-order valence-electron chi connectivity index (χ2n) is 4.55. The topological polar surface area (TPSA) is 74.8 Å². The van der Waals surface area contributed by atoms with E-state index in [0.717, 1.165) is 18.6 Å². The number of nitrogens with zero attached hydrogens (tertiary/aromatic N) is 1. The van der Waals surface area contributed by atoms with E-state index in [0.29, 0.717) is 18.4 Å². The highest BCUT2D eigenvalue weighted by molar-refractivity contribution is 7.91. The molecule has 3 rings (SSSR count). The van der Waals surface area contributed by atoms with E-state index in [9.17, 15) is 8.42 Å². The van der Waals surface area contributed by atoms with E-state index >= 15 is 0 Å². The van der Waals surface area contributed by atoms with Crippen molar-refractivity contribution in [2.45, 2.75) is 23.2 Å². The lowest BCUT2D eigenvalue weighted by Gasteiger charge is -2.21. The maximum Gasteiger partial charge on any atom is 0.226 e. The standard InChI is InChI=1S/C12H15N3O2S.ClH/c16-18(17,9-5-7-13-8-6-9)12-14-10-3-1-2-4-11(10)15-12;/h1-4,9,13H,5-8H2,(H,14,15);1H. The van der Waals surface area contributed by atoms with Crippen molar-refractivity contribution in [3.8, 4) is 0 Å². The van der Waals surface area contributed by atoms with E-state index in [1.54, 1.807) is 0 Å². The number of H-pyrrole nitrogens is 1. The number of hydrogen-bond donors (Lipinski definition) is 2. The first kappa shape index (κ1) is 14.3. The fourth-order valence-corrected chi connectivity index (χ4v) is 3.98. The molecule has 5 nitrogen and oxygen atoms in total. The van der Waals surface area contributed by atoms with Crippen molar-refractivity contribution < 1.29 is 8.42 Å². The number of fused-ring (bicyclic) bond motifs is 1. The predicted octanol–water partition coefficient (Wildman–Crippen LogP) is 1.51. The van der Waals surface area contributed by atoms with Gasteiger partial charge in [0.25, 0.3) is 0 Å². The zero-order valence-corrected chi connectivity index (χ0v) is 11.9. The number of imidazole rings is 1.